The zero-order chi connectivity index (χ0) is 18.7. The molecule has 136 valence electrons. The molecule has 4 aromatic carbocycles. The summed E-state index contributed by atoms with van der Waals surface area (Å²) in [6, 6.07) is 21.6. The normalized spacial score (nSPS) is 14.0. The van der Waals surface area contributed by atoms with Gasteiger partial charge in [0.05, 0.1) is 0 Å². The van der Waals surface area contributed by atoms with Gasteiger partial charge in [0, 0.05) is 22.1 Å². The van der Waals surface area contributed by atoms with Crippen molar-refractivity contribution in [3.05, 3.63) is 82.9 Å². The summed E-state index contributed by atoms with van der Waals surface area (Å²) in [7, 11) is 0. The third-order valence-corrected chi connectivity index (χ3v) is 6.27. The molecule has 0 aromatic heterocycles. The highest BCUT2D eigenvalue weighted by atomic mass is 15.1. The summed E-state index contributed by atoms with van der Waals surface area (Å²) >= 11 is 0. The van der Waals surface area contributed by atoms with Crippen molar-refractivity contribution in [3.63, 3.8) is 0 Å². The molecule has 3 N–H and O–H groups in total. The van der Waals surface area contributed by atoms with Gasteiger partial charge in [0.1, 0.15) is 0 Å². The van der Waals surface area contributed by atoms with Crippen LogP contribution in [0.25, 0.3) is 21.5 Å². The topological polar surface area (TPSA) is 47.9 Å². The highest BCUT2D eigenvalue weighted by molar-refractivity contribution is 6.12. The maximum atomic E-state index is 8.54. The Morgan fingerprint density at radius 1 is 0.571 bits per heavy atom. The lowest BCUT2D eigenvalue weighted by Crippen LogP contribution is -2.20. The van der Waals surface area contributed by atoms with Gasteiger partial charge in [-0.1, -0.05) is 48.5 Å². The van der Waals surface area contributed by atoms with Crippen molar-refractivity contribution in [2.24, 2.45) is 0 Å². The van der Waals surface area contributed by atoms with E-state index in [1.54, 1.807) is 0 Å². The summed E-state index contributed by atoms with van der Waals surface area (Å²) in [5, 5.41) is 20.3. The Morgan fingerprint density at radius 3 is 1.46 bits per heavy atom. The number of aryl methyl sites for hydroxylation is 4. The molecule has 28 heavy (non-hydrogen) atoms. The maximum absolute atomic E-state index is 8.54. The Morgan fingerprint density at radius 2 is 1.00 bits per heavy atom. The molecule has 0 radical (unpaired) electrons. The van der Waals surface area contributed by atoms with Gasteiger partial charge in [-0.05, 0) is 70.8 Å². The molecule has 0 bridgehead atoms. The number of benzene rings is 4. The van der Waals surface area contributed by atoms with Crippen LogP contribution >= 0.6 is 0 Å². The Kier molecular flexibility index (Phi) is 3.27. The van der Waals surface area contributed by atoms with Crippen molar-refractivity contribution in [3.8, 4) is 0 Å². The van der Waals surface area contributed by atoms with Crippen LogP contribution < -0.4 is 10.6 Å². The summed E-state index contributed by atoms with van der Waals surface area (Å²) in [5.41, 5.74) is 7.66. The lowest BCUT2D eigenvalue weighted by Gasteiger charge is -2.15. The summed E-state index contributed by atoms with van der Waals surface area (Å²) < 4.78 is 0. The van der Waals surface area contributed by atoms with Gasteiger partial charge in [0.25, 0.3) is 0 Å². The van der Waals surface area contributed by atoms with E-state index in [1.807, 2.05) is 0 Å². The standard InChI is InChI=1S/C25H21N3/c26-25(27-21-13-11-17-9-7-15-3-1-5-19(21)23(15)17)28-22-14-12-18-10-8-16-4-2-6-20(22)24(16)18/h1-6,11-14H,7-10H2,(H3,26,27,28). The molecule has 6 rings (SSSR count). The fraction of sp³-hybridized carbons (Fsp3) is 0.160. The molecule has 0 unspecified atom stereocenters. The Hall–Kier alpha value is -3.33. The summed E-state index contributed by atoms with van der Waals surface area (Å²) in [6.07, 6.45) is 4.47. The second-order valence-corrected chi connectivity index (χ2v) is 7.85. The van der Waals surface area contributed by atoms with Gasteiger partial charge in [0.2, 0.25) is 0 Å². The lowest BCUT2D eigenvalue weighted by atomic mass is 10.0. The fourth-order valence-electron chi connectivity index (χ4n) is 5.01. The molecule has 0 atom stereocenters. The Bertz CT molecular complexity index is 1170. The van der Waals surface area contributed by atoms with Crippen LogP contribution in [-0.4, -0.2) is 5.96 Å². The predicted molar refractivity (Wildman–Crippen MR) is 118 cm³/mol. The second kappa shape index (κ2) is 5.83. The summed E-state index contributed by atoms with van der Waals surface area (Å²) in [4.78, 5) is 0. The molecule has 2 aliphatic rings. The largest absolute Gasteiger partial charge is 0.326 e. The van der Waals surface area contributed by atoms with Crippen molar-refractivity contribution < 1.29 is 0 Å². The van der Waals surface area contributed by atoms with Crippen LogP contribution in [-0.2, 0) is 25.7 Å². The maximum Gasteiger partial charge on any atom is 0.197 e. The third-order valence-electron chi connectivity index (χ3n) is 6.27. The first-order chi connectivity index (χ1) is 13.8. The molecule has 0 fully saturated rings. The van der Waals surface area contributed by atoms with Crippen molar-refractivity contribution in [2.75, 3.05) is 10.6 Å². The molecule has 0 saturated carbocycles. The molecular weight excluding hydrogens is 342 g/mol. The molecule has 3 heteroatoms. The molecule has 0 spiro atoms. The van der Waals surface area contributed by atoms with E-state index in [0.29, 0.717) is 5.96 Å². The second-order valence-electron chi connectivity index (χ2n) is 7.85. The minimum Gasteiger partial charge on any atom is -0.326 e. The van der Waals surface area contributed by atoms with E-state index in [4.69, 9.17) is 5.41 Å². The zero-order valence-electron chi connectivity index (χ0n) is 15.6. The van der Waals surface area contributed by atoms with Gasteiger partial charge < -0.3 is 10.6 Å². The highest BCUT2D eigenvalue weighted by Gasteiger charge is 2.18. The van der Waals surface area contributed by atoms with Crippen LogP contribution in [0.5, 0.6) is 0 Å². The van der Waals surface area contributed by atoms with Crippen LogP contribution in [0.2, 0.25) is 0 Å². The van der Waals surface area contributed by atoms with Gasteiger partial charge in [-0.15, -0.1) is 0 Å². The number of hydrogen-bond donors (Lipinski definition) is 3. The summed E-state index contributed by atoms with van der Waals surface area (Å²) in [5.74, 6) is 0.303. The van der Waals surface area contributed by atoms with E-state index in [9.17, 15) is 0 Å². The van der Waals surface area contributed by atoms with E-state index in [2.05, 4.69) is 71.3 Å². The smallest absolute Gasteiger partial charge is 0.197 e. The van der Waals surface area contributed by atoms with E-state index < -0.39 is 0 Å². The van der Waals surface area contributed by atoms with Crippen LogP contribution in [0, 0.1) is 5.41 Å². The Balaban J connectivity index is 1.35. The molecule has 0 heterocycles. The Labute approximate surface area is 163 Å². The number of nitrogens with one attached hydrogen (secondary N) is 3. The molecular formula is C25H21N3. The van der Waals surface area contributed by atoms with Crippen LogP contribution in [0.3, 0.4) is 0 Å². The quantitative estimate of drug-likeness (QED) is 0.318. The SMILES string of the molecule is N=C(Nc1ccc2c3c(cccc13)CC2)Nc1ccc2c3c(cccc13)CC2. The average molecular weight is 363 g/mol. The van der Waals surface area contributed by atoms with Gasteiger partial charge in [-0.25, -0.2) is 0 Å². The molecule has 4 aromatic rings. The zero-order valence-corrected chi connectivity index (χ0v) is 15.6. The average Bonchev–Trinajstić information content (AvgIpc) is 3.33. The molecule has 0 saturated heterocycles. The van der Waals surface area contributed by atoms with Crippen molar-refractivity contribution in [1.82, 2.24) is 0 Å². The van der Waals surface area contributed by atoms with Crippen LogP contribution in [0.15, 0.2) is 60.7 Å². The van der Waals surface area contributed by atoms with Gasteiger partial charge in [-0.3, -0.25) is 5.41 Å². The minimum atomic E-state index is 0.303. The van der Waals surface area contributed by atoms with Crippen molar-refractivity contribution >= 4 is 38.9 Å². The van der Waals surface area contributed by atoms with Crippen molar-refractivity contribution in [2.45, 2.75) is 25.7 Å². The first-order valence-electron chi connectivity index (χ1n) is 9.97. The number of anilines is 2. The number of rotatable bonds is 2. The molecule has 2 aliphatic carbocycles. The van der Waals surface area contributed by atoms with Gasteiger partial charge in [-0.2, -0.15) is 0 Å². The predicted octanol–water partition coefficient (Wildman–Crippen LogP) is 5.65. The van der Waals surface area contributed by atoms with Gasteiger partial charge >= 0.3 is 0 Å². The fourth-order valence-corrected chi connectivity index (χ4v) is 5.01. The van der Waals surface area contributed by atoms with Gasteiger partial charge in [0.15, 0.2) is 5.96 Å². The first kappa shape index (κ1) is 15.7. The van der Waals surface area contributed by atoms with Crippen molar-refractivity contribution in [1.29, 1.82) is 5.41 Å². The highest BCUT2D eigenvalue weighted by Crippen LogP contribution is 2.36. The van der Waals surface area contributed by atoms with Crippen LogP contribution in [0.4, 0.5) is 11.4 Å². The molecule has 0 aliphatic heterocycles. The molecule has 0 amide bonds. The lowest BCUT2D eigenvalue weighted by molar-refractivity contribution is 1.02. The number of guanidine groups is 1. The van der Waals surface area contributed by atoms with E-state index in [1.165, 1.54) is 43.8 Å². The number of hydrogen-bond acceptors (Lipinski definition) is 1. The van der Waals surface area contributed by atoms with Crippen LogP contribution in [0.1, 0.15) is 22.3 Å². The first-order valence-corrected chi connectivity index (χ1v) is 9.97. The monoisotopic (exact) mass is 363 g/mol. The molecule has 3 nitrogen and oxygen atoms in total. The third kappa shape index (κ3) is 2.26. The minimum absolute atomic E-state index is 0.303. The van der Waals surface area contributed by atoms with E-state index in [-0.39, 0.29) is 0 Å². The van der Waals surface area contributed by atoms with E-state index in [0.717, 1.165) is 37.1 Å². The summed E-state index contributed by atoms with van der Waals surface area (Å²) in [6.45, 7) is 0. The van der Waals surface area contributed by atoms with E-state index >= 15 is 0 Å².